The lowest BCUT2D eigenvalue weighted by Gasteiger charge is -2.10. The summed E-state index contributed by atoms with van der Waals surface area (Å²) in [6.07, 6.45) is 0. The second-order valence-electron chi connectivity index (χ2n) is 3.58. The number of aliphatic imine (C=N–C) groups is 1. The van der Waals surface area contributed by atoms with Gasteiger partial charge in [-0.25, -0.2) is 4.99 Å². The highest BCUT2D eigenvalue weighted by atomic mass is 127. The molecule has 108 valence electrons. The van der Waals surface area contributed by atoms with E-state index in [4.69, 9.17) is 28.3 Å². The number of hydrogen-bond acceptors (Lipinski definition) is 2. The van der Waals surface area contributed by atoms with Crippen LogP contribution in [-0.4, -0.2) is 30.8 Å². The lowest BCUT2D eigenvalue weighted by atomic mass is 10.2. The molecule has 0 bridgehead atoms. The Balaban J connectivity index is 0.00000324. The Bertz CT molecular complexity index is 416. The first-order valence-electron chi connectivity index (χ1n) is 5.74. The minimum absolute atomic E-state index is 0. The molecule has 0 amide bonds. The molecule has 0 saturated carbocycles. The second-order valence-corrected chi connectivity index (χ2v) is 4.42. The van der Waals surface area contributed by atoms with E-state index in [1.54, 1.807) is 12.1 Å². The summed E-state index contributed by atoms with van der Waals surface area (Å²) in [4.78, 5) is 4.37. The van der Waals surface area contributed by atoms with Gasteiger partial charge in [0, 0.05) is 23.1 Å². The molecule has 0 unspecified atom stereocenters. The minimum atomic E-state index is 0. The Kier molecular flexibility index (Phi) is 10.4. The Morgan fingerprint density at radius 1 is 1.32 bits per heavy atom. The summed E-state index contributed by atoms with van der Waals surface area (Å²) in [6.45, 7) is 3.71. The van der Waals surface area contributed by atoms with Crippen molar-refractivity contribution in [2.24, 2.45) is 4.99 Å². The van der Waals surface area contributed by atoms with E-state index in [1.807, 2.05) is 13.0 Å². The van der Waals surface area contributed by atoms with Gasteiger partial charge in [0.05, 0.1) is 13.2 Å². The first-order valence-corrected chi connectivity index (χ1v) is 6.50. The van der Waals surface area contributed by atoms with Crippen molar-refractivity contribution in [1.82, 2.24) is 10.6 Å². The predicted molar refractivity (Wildman–Crippen MR) is 91.8 cm³/mol. The molecule has 4 nitrogen and oxygen atoms in total. The molecular formula is C12H18Cl2IN3O. The summed E-state index contributed by atoms with van der Waals surface area (Å²) >= 11 is 11.9. The molecule has 0 aliphatic heterocycles. The van der Waals surface area contributed by atoms with Gasteiger partial charge in [0.25, 0.3) is 0 Å². The Labute approximate surface area is 140 Å². The maximum atomic E-state index is 8.76. The van der Waals surface area contributed by atoms with Crippen LogP contribution in [0.4, 0.5) is 0 Å². The number of nitrogens with zero attached hydrogens (tertiary/aromatic N) is 1. The van der Waals surface area contributed by atoms with Crippen molar-refractivity contribution in [1.29, 1.82) is 0 Å². The summed E-state index contributed by atoms with van der Waals surface area (Å²) in [5, 5.41) is 16.0. The van der Waals surface area contributed by atoms with Crippen molar-refractivity contribution >= 4 is 53.1 Å². The van der Waals surface area contributed by atoms with E-state index in [1.165, 1.54) is 0 Å². The largest absolute Gasteiger partial charge is 0.395 e. The molecule has 0 atom stereocenters. The van der Waals surface area contributed by atoms with Crippen molar-refractivity contribution in [2.45, 2.75) is 13.5 Å². The highest BCUT2D eigenvalue weighted by Crippen LogP contribution is 2.21. The zero-order chi connectivity index (χ0) is 13.4. The quantitative estimate of drug-likeness (QED) is 0.392. The number of benzene rings is 1. The molecule has 19 heavy (non-hydrogen) atoms. The number of nitrogens with one attached hydrogen (secondary N) is 2. The number of hydrogen-bond donors (Lipinski definition) is 3. The van der Waals surface area contributed by atoms with Crippen LogP contribution in [0.1, 0.15) is 12.5 Å². The van der Waals surface area contributed by atoms with Crippen LogP contribution in [0.5, 0.6) is 0 Å². The van der Waals surface area contributed by atoms with Gasteiger partial charge in [-0.1, -0.05) is 29.3 Å². The first kappa shape index (κ1) is 18.8. The fraction of sp³-hybridized carbons (Fsp3) is 0.417. The molecule has 1 rings (SSSR count). The average molecular weight is 418 g/mol. The molecule has 0 fully saturated rings. The smallest absolute Gasteiger partial charge is 0.191 e. The van der Waals surface area contributed by atoms with Gasteiger partial charge in [-0.05, 0) is 24.6 Å². The van der Waals surface area contributed by atoms with Crippen LogP contribution in [0.25, 0.3) is 0 Å². The third-order valence-electron chi connectivity index (χ3n) is 2.17. The maximum absolute atomic E-state index is 8.76. The van der Waals surface area contributed by atoms with Crippen molar-refractivity contribution in [3.8, 4) is 0 Å². The van der Waals surface area contributed by atoms with E-state index in [9.17, 15) is 0 Å². The van der Waals surface area contributed by atoms with Crippen LogP contribution in [0, 0.1) is 0 Å². The van der Waals surface area contributed by atoms with Crippen LogP contribution in [0.3, 0.4) is 0 Å². The highest BCUT2D eigenvalue weighted by Gasteiger charge is 2.01. The van der Waals surface area contributed by atoms with Crippen LogP contribution in [0.15, 0.2) is 23.2 Å². The fourth-order valence-corrected chi connectivity index (χ4v) is 1.80. The lowest BCUT2D eigenvalue weighted by Crippen LogP contribution is -2.38. The Morgan fingerprint density at radius 3 is 2.63 bits per heavy atom. The molecule has 0 radical (unpaired) electrons. The number of halogens is 3. The molecule has 3 N–H and O–H groups in total. The van der Waals surface area contributed by atoms with Crippen LogP contribution in [0.2, 0.25) is 10.0 Å². The van der Waals surface area contributed by atoms with E-state index in [2.05, 4.69) is 15.6 Å². The third-order valence-corrected chi connectivity index (χ3v) is 2.76. The molecular weight excluding hydrogens is 400 g/mol. The number of guanidine groups is 1. The zero-order valence-corrected chi connectivity index (χ0v) is 14.5. The van der Waals surface area contributed by atoms with Crippen LogP contribution in [-0.2, 0) is 6.54 Å². The van der Waals surface area contributed by atoms with Crippen molar-refractivity contribution < 1.29 is 5.11 Å². The van der Waals surface area contributed by atoms with Crippen molar-refractivity contribution in [2.75, 3.05) is 19.7 Å². The van der Waals surface area contributed by atoms with Gasteiger partial charge in [0.15, 0.2) is 5.96 Å². The number of aliphatic hydroxyl groups is 1. The third kappa shape index (κ3) is 7.20. The molecule has 0 heterocycles. The summed E-state index contributed by atoms with van der Waals surface area (Å²) in [5.74, 6) is 0.651. The zero-order valence-electron chi connectivity index (χ0n) is 10.6. The molecule has 1 aromatic rings. The SMILES string of the molecule is CCNC(=NCc1ccc(Cl)cc1Cl)NCCO.I. The van der Waals surface area contributed by atoms with Crippen molar-refractivity contribution in [3.63, 3.8) is 0 Å². The van der Waals surface area contributed by atoms with E-state index in [-0.39, 0.29) is 30.6 Å². The highest BCUT2D eigenvalue weighted by molar-refractivity contribution is 14.0. The minimum Gasteiger partial charge on any atom is -0.395 e. The predicted octanol–water partition coefficient (Wildman–Crippen LogP) is 2.66. The summed E-state index contributed by atoms with van der Waals surface area (Å²) in [5.41, 5.74) is 0.905. The lowest BCUT2D eigenvalue weighted by molar-refractivity contribution is 0.300. The van der Waals surface area contributed by atoms with Gasteiger partial charge in [0.2, 0.25) is 0 Å². The summed E-state index contributed by atoms with van der Waals surface area (Å²) < 4.78 is 0. The van der Waals surface area contributed by atoms with E-state index in [0.29, 0.717) is 29.1 Å². The number of aliphatic hydroxyl groups excluding tert-OH is 1. The maximum Gasteiger partial charge on any atom is 0.191 e. The first-order chi connectivity index (χ1) is 8.67. The standard InChI is InChI=1S/C12H17Cl2N3O.HI/c1-2-15-12(16-5-6-18)17-8-9-3-4-10(13)7-11(9)14;/h3-4,7,18H,2,5-6,8H2,1H3,(H2,15,16,17);1H. The fourth-order valence-electron chi connectivity index (χ4n) is 1.33. The van der Waals surface area contributed by atoms with Crippen LogP contribution >= 0.6 is 47.2 Å². The average Bonchev–Trinajstić information content (AvgIpc) is 2.34. The second kappa shape index (κ2) is 10.5. The molecule has 0 saturated heterocycles. The Hall–Kier alpha value is -0.240. The van der Waals surface area contributed by atoms with Gasteiger partial charge in [0.1, 0.15) is 0 Å². The summed E-state index contributed by atoms with van der Waals surface area (Å²) in [7, 11) is 0. The molecule has 0 spiro atoms. The normalized spacial score (nSPS) is 10.8. The van der Waals surface area contributed by atoms with Gasteiger partial charge in [-0.2, -0.15) is 0 Å². The summed E-state index contributed by atoms with van der Waals surface area (Å²) in [6, 6.07) is 5.33. The van der Waals surface area contributed by atoms with E-state index in [0.717, 1.165) is 12.1 Å². The monoisotopic (exact) mass is 417 g/mol. The van der Waals surface area contributed by atoms with Crippen molar-refractivity contribution in [3.05, 3.63) is 33.8 Å². The number of rotatable bonds is 5. The van der Waals surface area contributed by atoms with E-state index >= 15 is 0 Å². The molecule has 0 aliphatic rings. The van der Waals surface area contributed by atoms with Gasteiger partial charge in [-0.15, -0.1) is 24.0 Å². The van der Waals surface area contributed by atoms with E-state index < -0.39 is 0 Å². The molecule has 0 aromatic heterocycles. The van der Waals surface area contributed by atoms with Gasteiger partial charge >= 0.3 is 0 Å². The molecule has 1 aromatic carbocycles. The topological polar surface area (TPSA) is 56.7 Å². The molecule has 7 heteroatoms. The van der Waals surface area contributed by atoms with Crippen LogP contribution < -0.4 is 10.6 Å². The molecule has 0 aliphatic carbocycles. The van der Waals surface area contributed by atoms with Gasteiger partial charge in [-0.3, -0.25) is 0 Å². The Morgan fingerprint density at radius 2 is 2.05 bits per heavy atom. The van der Waals surface area contributed by atoms with Gasteiger partial charge < -0.3 is 15.7 Å².